The Bertz CT molecular complexity index is 214. The molecule has 0 unspecified atom stereocenters. The second kappa shape index (κ2) is 3.46. The van der Waals surface area contributed by atoms with E-state index in [0.29, 0.717) is 0 Å². The largest absolute Gasteiger partial charge is 0.305 e. The van der Waals surface area contributed by atoms with Crippen molar-refractivity contribution in [2.45, 2.75) is 32.6 Å². The fourth-order valence-corrected chi connectivity index (χ4v) is 1.40. The molecule has 1 aliphatic carbocycles. The van der Waals surface area contributed by atoms with Crippen LogP contribution in [0.5, 0.6) is 0 Å². The molecule has 0 bridgehead atoms. The van der Waals surface area contributed by atoms with Crippen LogP contribution in [0.15, 0.2) is 16.3 Å². The summed E-state index contributed by atoms with van der Waals surface area (Å²) in [7, 11) is 0. The fourth-order valence-electron chi connectivity index (χ4n) is 1.40. The molecule has 0 aromatic rings. The average Bonchev–Trinajstić information content (AvgIpc) is 2.04. The molecule has 11 heavy (non-hydrogen) atoms. The van der Waals surface area contributed by atoms with Crippen molar-refractivity contribution in [3.8, 4) is 0 Å². The lowest BCUT2D eigenvalue weighted by atomic mass is 9.92. The van der Waals surface area contributed by atoms with Gasteiger partial charge in [-0.1, -0.05) is 0 Å². The topological polar surface area (TPSA) is 36.2 Å². The molecule has 0 aliphatic heterocycles. The van der Waals surface area contributed by atoms with Crippen molar-refractivity contribution >= 4 is 12.4 Å². The normalized spacial score (nSPS) is 23.2. The first kappa shape index (κ1) is 8.18. The van der Waals surface area contributed by atoms with E-state index in [1.165, 1.54) is 6.42 Å². The van der Waals surface area contributed by atoms with Crippen molar-refractivity contribution in [1.82, 2.24) is 0 Å². The second-order valence-corrected chi connectivity index (χ2v) is 2.91. The Kier molecular flexibility index (Phi) is 2.58. The summed E-state index contributed by atoms with van der Waals surface area (Å²) in [5, 5.41) is 7.63. The molecule has 0 radical (unpaired) electrons. The lowest BCUT2D eigenvalue weighted by Crippen LogP contribution is -2.08. The van der Waals surface area contributed by atoms with Crippen LogP contribution in [0.1, 0.15) is 32.6 Å². The number of nitrogens with one attached hydrogen (secondary N) is 1. The fraction of sp³-hybridized carbons (Fsp3) is 0.556. The van der Waals surface area contributed by atoms with Crippen LogP contribution in [0.4, 0.5) is 0 Å². The summed E-state index contributed by atoms with van der Waals surface area (Å²) in [5.41, 5.74) is 2.82. The maximum atomic E-state index is 7.63. The van der Waals surface area contributed by atoms with Gasteiger partial charge in [0.1, 0.15) is 0 Å². The van der Waals surface area contributed by atoms with E-state index in [1.807, 2.05) is 6.92 Å². The van der Waals surface area contributed by atoms with Crippen molar-refractivity contribution in [3.05, 3.63) is 11.3 Å². The molecule has 1 saturated carbocycles. The van der Waals surface area contributed by atoms with E-state index >= 15 is 0 Å². The van der Waals surface area contributed by atoms with Gasteiger partial charge in [-0.3, -0.25) is 4.99 Å². The van der Waals surface area contributed by atoms with Crippen molar-refractivity contribution in [2.24, 2.45) is 4.99 Å². The van der Waals surface area contributed by atoms with Crippen LogP contribution in [0.25, 0.3) is 0 Å². The van der Waals surface area contributed by atoms with E-state index in [-0.39, 0.29) is 0 Å². The monoisotopic (exact) mass is 150 g/mol. The molecule has 0 amide bonds. The Morgan fingerprint density at radius 2 is 2.09 bits per heavy atom. The van der Waals surface area contributed by atoms with Crippen LogP contribution in [0.3, 0.4) is 0 Å². The summed E-state index contributed by atoms with van der Waals surface area (Å²) in [6.07, 6.45) is 4.29. The highest BCUT2D eigenvalue weighted by Crippen LogP contribution is 2.23. The molecule has 0 aromatic carbocycles. The van der Waals surface area contributed by atoms with Gasteiger partial charge in [-0.25, -0.2) is 0 Å². The van der Waals surface area contributed by atoms with Gasteiger partial charge in [-0.15, -0.1) is 0 Å². The molecule has 0 spiro atoms. The predicted octanol–water partition coefficient (Wildman–Crippen LogP) is 2.55. The van der Waals surface area contributed by atoms with Crippen LogP contribution in [-0.4, -0.2) is 12.4 Å². The molecule has 1 rings (SSSR count). The first-order valence-electron chi connectivity index (χ1n) is 4.00. The van der Waals surface area contributed by atoms with Crippen molar-refractivity contribution in [3.63, 3.8) is 0 Å². The summed E-state index contributed by atoms with van der Waals surface area (Å²) in [5.74, 6) is 0. The number of hydrogen-bond acceptors (Lipinski definition) is 2. The standard InChI is InChI=1S/C9H14N2/c1-7(11-2)8-5-3-4-6-9(8)10/h10H,2-6H2,1H3/b8-7-,10-9?. The highest BCUT2D eigenvalue weighted by Gasteiger charge is 2.13. The van der Waals surface area contributed by atoms with Crippen molar-refractivity contribution in [2.75, 3.05) is 0 Å². The van der Waals surface area contributed by atoms with Gasteiger partial charge in [0.2, 0.25) is 0 Å². The van der Waals surface area contributed by atoms with Gasteiger partial charge in [0, 0.05) is 11.4 Å². The van der Waals surface area contributed by atoms with E-state index < -0.39 is 0 Å². The molecule has 60 valence electrons. The van der Waals surface area contributed by atoms with Gasteiger partial charge >= 0.3 is 0 Å². The van der Waals surface area contributed by atoms with Gasteiger partial charge < -0.3 is 5.41 Å². The molecule has 0 heterocycles. The molecular formula is C9H14N2. The Labute approximate surface area is 67.5 Å². The quantitative estimate of drug-likeness (QED) is 0.558. The number of aliphatic imine (C=N–C) groups is 1. The molecule has 1 aliphatic rings. The lowest BCUT2D eigenvalue weighted by molar-refractivity contribution is 0.724. The second-order valence-electron chi connectivity index (χ2n) is 2.91. The Morgan fingerprint density at radius 1 is 1.45 bits per heavy atom. The zero-order valence-electron chi connectivity index (χ0n) is 6.98. The maximum Gasteiger partial charge on any atom is 0.0415 e. The first-order valence-corrected chi connectivity index (χ1v) is 4.00. The number of rotatable bonds is 1. The van der Waals surface area contributed by atoms with Gasteiger partial charge in [0.15, 0.2) is 0 Å². The lowest BCUT2D eigenvalue weighted by Gasteiger charge is -2.16. The predicted molar refractivity (Wildman–Crippen MR) is 48.4 cm³/mol. The number of hydrogen-bond donors (Lipinski definition) is 1. The van der Waals surface area contributed by atoms with Crippen molar-refractivity contribution in [1.29, 1.82) is 5.41 Å². The minimum absolute atomic E-state index is 0.765. The summed E-state index contributed by atoms with van der Waals surface area (Å²) in [6.45, 7) is 5.40. The van der Waals surface area contributed by atoms with E-state index in [2.05, 4.69) is 11.7 Å². The van der Waals surface area contributed by atoms with E-state index in [9.17, 15) is 0 Å². The molecule has 1 fully saturated rings. The Balaban J connectivity index is 2.83. The van der Waals surface area contributed by atoms with Crippen LogP contribution < -0.4 is 0 Å². The summed E-state index contributed by atoms with van der Waals surface area (Å²) in [4.78, 5) is 3.85. The Hall–Kier alpha value is -0.920. The zero-order chi connectivity index (χ0) is 8.27. The van der Waals surface area contributed by atoms with Gasteiger partial charge in [0.05, 0.1) is 0 Å². The summed E-state index contributed by atoms with van der Waals surface area (Å²) in [6, 6.07) is 0. The van der Waals surface area contributed by atoms with Gasteiger partial charge in [0.25, 0.3) is 0 Å². The molecule has 2 nitrogen and oxygen atoms in total. The molecule has 1 N–H and O–H groups in total. The van der Waals surface area contributed by atoms with Crippen LogP contribution >= 0.6 is 0 Å². The van der Waals surface area contributed by atoms with E-state index in [0.717, 1.165) is 36.2 Å². The summed E-state index contributed by atoms with van der Waals surface area (Å²) < 4.78 is 0. The smallest absolute Gasteiger partial charge is 0.0415 e. The molecule has 2 heteroatoms. The molecule has 0 aromatic heterocycles. The van der Waals surface area contributed by atoms with E-state index in [1.54, 1.807) is 0 Å². The highest BCUT2D eigenvalue weighted by molar-refractivity contribution is 5.98. The van der Waals surface area contributed by atoms with Crippen LogP contribution in [-0.2, 0) is 0 Å². The Morgan fingerprint density at radius 3 is 2.64 bits per heavy atom. The third-order valence-corrected chi connectivity index (χ3v) is 2.14. The third-order valence-electron chi connectivity index (χ3n) is 2.14. The van der Waals surface area contributed by atoms with Crippen molar-refractivity contribution < 1.29 is 0 Å². The number of allylic oxidation sites excluding steroid dienone is 2. The minimum Gasteiger partial charge on any atom is -0.305 e. The molecular weight excluding hydrogens is 136 g/mol. The zero-order valence-corrected chi connectivity index (χ0v) is 6.98. The van der Waals surface area contributed by atoms with Crippen LogP contribution in [0.2, 0.25) is 0 Å². The SMILES string of the molecule is C=N/C(C)=C1/CCCCC1=N. The van der Waals surface area contributed by atoms with Gasteiger partial charge in [-0.05, 0) is 44.9 Å². The average molecular weight is 150 g/mol. The third kappa shape index (κ3) is 1.76. The van der Waals surface area contributed by atoms with Crippen LogP contribution in [0, 0.1) is 5.41 Å². The number of nitrogens with zero attached hydrogens (tertiary/aromatic N) is 1. The molecule has 0 saturated heterocycles. The highest BCUT2D eigenvalue weighted by atomic mass is 14.7. The minimum atomic E-state index is 0.765. The summed E-state index contributed by atoms with van der Waals surface area (Å²) >= 11 is 0. The first-order chi connectivity index (χ1) is 5.25. The maximum absolute atomic E-state index is 7.63. The van der Waals surface area contributed by atoms with E-state index in [4.69, 9.17) is 5.41 Å². The molecule has 0 atom stereocenters. The van der Waals surface area contributed by atoms with Gasteiger partial charge in [-0.2, -0.15) is 0 Å².